The maximum atomic E-state index is 11.8. The number of aliphatic hydroxyl groups excluding tert-OH is 1. The van der Waals surface area contributed by atoms with Crippen LogP contribution >= 0.6 is 0 Å². The Morgan fingerprint density at radius 2 is 2.00 bits per heavy atom. The molecule has 1 aromatic carbocycles. The average Bonchev–Trinajstić information content (AvgIpc) is 3.25. The maximum Gasteiger partial charge on any atom is 0.224 e. The normalized spacial score (nSPS) is 14.5. The molecule has 0 aromatic heterocycles. The third kappa shape index (κ3) is 4.83. The van der Waals surface area contributed by atoms with E-state index < -0.39 is 0 Å². The number of aliphatic hydroxyl groups is 1. The van der Waals surface area contributed by atoms with E-state index in [9.17, 15) is 4.79 Å². The zero-order valence-corrected chi connectivity index (χ0v) is 11.7. The van der Waals surface area contributed by atoms with Crippen LogP contribution in [0.15, 0.2) is 24.3 Å². The van der Waals surface area contributed by atoms with Crippen molar-refractivity contribution in [3.63, 3.8) is 0 Å². The van der Waals surface area contributed by atoms with E-state index in [1.165, 1.54) is 12.8 Å². The summed E-state index contributed by atoms with van der Waals surface area (Å²) in [5.41, 5.74) is 7.06. The van der Waals surface area contributed by atoms with Crippen molar-refractivity contribution in [3.8, 4) is 0 Å². The predicted molar refractivity (Wildman–Crippen MR) is 80.4 cm³/mol. The minimum absolute atomic E-state index is 0.0227. The van der Waals surface area contributed by atoms with Crippen molar-refractivity contribution < 1.29 is 9.90 Å². The standard InChI is InChI=1S/C15H23N3O2/c16-12-3-5-13(6-4-12)17-15(20)2-1-9-18(10-11-19)14-7-8-14/h3-6,14,19H,1-2,7-11,16H2,(H,17,20). The largest absolute Gasteiger partial charge is 0.399 e. The van der Waals surface area contributed by atoms with Gasteiger partial charge in [0.1, 0.15) is 0 Å². The highest BCUT2D eigenvalue weighted by atomic mass is 16.3. The van der Waals surface area contributed by atoms with E-state index in [0.29, 0.717) is 24.7 Å². The number of carbonyl (C=O) groups excluding carboxylic acids is 1. The number of anilines is 2. The Morgan fingerprint density at radius 3 is 2.60 bits per heavy atom. The van der Waals surface area contributed by atoms with Crippen LogP contribution in [0.1, 0.15) is 25.7 Å². The number of amides is 1. The van der Waals surface area contributed by atoms with E-state index >= 15 is 0 Å². The molecule has 0 spiro atoms. The fourth-order valence-corrected chi connectivity index (χ4v) is 2.28. The van der Waals surface area contributed by atoms with Crippen LogP contribution in [0.2, 0.25) is 0 Å². The van der Waals surface area contributed by atoms with Gasteiger partial charge in [0.15, 0.2) is 0 Å². The first-order valence-corrected chi connectivity index (χ1v) is 7.19. The molecule has 20 heavy (non-hydrogen) atoms. The first-order chi connectivity index (χ1) is 9.69. The lowest BCUT2D eigenvalue weighted by atomic mass is 10.2. The Kier molecular flexibility index (Phi) is 5.38. The molecular weight excluding hydrogens is 254 g/mol. The second-order valence-electron chi connectivity index (χ2n) is 5.26. The van der Waals surface area contributed by atoms with Gasteiger partial charge >= 0.3 is 0 Å². The van der Waals surface area contributed by atoms with E-state index in [1.54, 1.807) is 24.3 Å². The van der Waals surface area contributed by atoms with Crippen LogP contribution in [0.25, 0.3) is 0 Å². The minimum Gasteiger partial charge on any atom is -0.399 e. The number of nitrogen functional groups attached to an aromatic ring is 1. The Balaban J connectivity index is 1.68. The van der Waals surface area contributed by atoms with Crippen LogP contribution in [-0.2, 0) is 4.79 Å². The number of nitrogens with zero attached hydrogens (tertiary/aromatic N) is 1. The second kappa shape index (κ2) is 7.26. The summed E-state index contributed by atoms with van der Waals surface area (Å²) < 4.78 is 0. The molecule has 1 fully saturated rings. The third-order valence-electron chi connectivity index (χ3n) is 3.49. The molecule has 5 heteroatoms. The van der Waals surface area contributed by atoms with Crippen molar-refractivity contribution >= 4 is 17.3 Å². The number of nitrogens with two attached hydrogens (primary N) is 1. The molecular formula is C15H23N3O2. The molecule has 0 atom stereocenters. The lowest BCUT2D eigenvalue weighted by Gasteiger charge is -2.20. The Morgan fingerprint density at radius 1 is 1.30 bits per heavy atom. The Bertz CT molecular complexity index is 429. The number of rotatable bonds is 8. The highest BCUT2D eigenvalue weighted by molar-refractivity contribution is 5.90. The first kappa shape index (κ1) is 14.8. The van der Waals surface area contributed by atoms with Crippen LogP contribution in [0.4, 0.5) is 11.4 Å². The Labute approximate surface area is 119 Å². The monoisotopic (exact) mass is 277 g/mol. The van der Waals surface area contributed by atoms with E-state index in [2.05, 4.69) is 10.2 Å². The van der Waals surface area contributed by atoms with Gasteiger partial charge in [-0.1, -0.05) is 0 Å². The topological polar surface area (TPSA) is 78.6 Å². The third-order valence-corrected chi connectivity index (χ3v) is 3.49. The van der Waals surface area contributed by atoms with E-state index in [4.69, 9.17) is 10.8 Å². The van der Waals surface area contributed by atoms with Gasteiger partial charge in [0, 0.05) is 30.4 Å². The second-order valence-corrected chi connectivity index (χ2v) is 5.26. The summed E-state index contributed by atoms with van der Waals surface area (Å²) in [6, 6.07) is 7.77. The van der Waals surface area contributed by atoms with Crippen LogP contribution in [-0.4, -0.2) is 41.7 Å². The molecule has 4 N–H and O–H groups in total. The summed E-state index contributed by atoms with van der Waals surface area (Å²) in [5, 5.41) is 11.9. The van der Waals surface area contributed by atoms with Gasteiger partial charge in [-0.15, -0.1) is 0 Å². The summed E-state index contributed by atoms with van der Waals surface area (Å²) >= 11 is 0. The summed E-state index contributed by atoms with van der Waals surface area (Å²) in [5.74, 6) is 0.0227. The number of hydrogen-bond donors (Lipinski definition) is 3. The van der Waals surface area contributed by atoms with Crippen molar-refractivity contribution in [3.05, 3.63) is 24.3 Å². The van der Waals surface area contributed by atoms with Crippen LogP contribution in [0.5, 0.6) is 0 Å². The number of hydrogen-bond acceptors (Lipinski definition) is 4. The summed E-state index contributed by atoms with van der Waals surface area (Å²) in [6.07, 6.45) is 3.76. The molecule has 0 heterocycles. The van der Waals surface area contributed by atoms with Gasteiger partial charge in [0.05, 0.1) is 6.61 Å². The van der Waals surface area contributed by atoms with Gasteiger partial charge in [-0.25, -0.2) is 0 Å². The lowest BCUT2D eigenvalue weighted by molar-refractivity contribution is -0.116. The van der Waals surface area contributed by atoms with Crippen LogP contribution < -0.4 is 11.1 Å². The number of carbonyl (C=O) groups is 1. The van der Waals surface area contributed by atoms with Gasteiger partial charge < -0.3 is 16.2 Å². The number of nitrogens with one attached hydrogen (secondary N) is 1. The summed E-state index contributed by atoms with van der Waals surface area (Å²) in [6.45, 7) is 1.78. The lowest BCUT2D eigenvalue weighted by Crippen LogP contribution is -2.30. The minimum atomic E-state index is 0.0227. The fourth-order valence-electron chi connectivity index (χ4n) is 2.28. The van der Waals surface area contributed by atoms with Crippen molar-refractivity contribution in [2.45, 2.75) is 31.7 Å². The highest BCUT2D eigenvalue weighted by Gasteiger charge is 2.27. The van der Waals surface area contributed by atoms with Crippen LogP contribution in [0.3, 0.4) is 0 Å². The first-order valence-electron chi connectivity index (χ1n) is 7.19. The Hall–Kier alpha value is -1.59. The highest BCUT2D eigenvalue weighted by Crippen LogP contribution is 2.26. The molecule has 2 rings (SSSR count). The van der Waals surface area contributed by atoms with Crippen LogP contribution in [0, 0.1) is 0 Å². The molecule has 0 aliphatic heterocycles. The van der Waals surface area contributed by atoms with Gasteiger partial charge in [0.2, 0.25) is 5.91 Å². The van der Waals surface area contributed by atoms with Crippen molar-refractivity contribution in [1.82, 2.24) is 4.90 Å². The van der Waals surface area contributed by atoms with Gasteiger partial charge in [-0.3, -0.25) is 9.69 Å². The molecule has 1 amide bonds. The predicted octanol–water partition coefficient (Wildman–Crippen LogP) is 1.44. The molecule has 1 aliphatic carbocycles. The molecule has 110 valence electrons. The van der Waals surface area contributed by atoms with E-state index in [0.717, 1.165) is 18.7 Å². The zero-order valence-electron chi connectivity index (χ0n) is 11.7. The van der Waals surface area contributed by atoms with Gasteiger partial charge in [0.25, 0.3) is 0 Å². The smallest absolute Gasteiger partial charge is 0.224 e. The average molecular weight is 277 g/mol. The number of benzene rings is 1. The molecule has 0 saturated heterocycles. The SMILES string of the molecule is Nc1ccc(NC(=O)CCCN(CCO)C2CC2)cc1. The fraction of sp³-hybridized carbons (Fsp3) is 0.533. The van der Waals surface area contributed by atoms with Crippen molar-refractivity contribution in [2.24, 2.45) is 0 Å². The zero-order chi connectivity index (χ0) is 14.4. The molecule has 0 radical (unpaired) electrons. The molecule has 0 unspecified atom stereocenters. The van der Waals surface area contributed by atoms with E-state index in [1.807, 2.05) is 0 Å². The molecule has 5 nitrogen and oxygen atoms in total. The van der Waals surface area contributed by atoms with Gasteiger partial charge in [-0.2, -0.15) is 0 Å². The van der Waals surface area contributed by atoms with E-state index in [-0.39, 0.29) is 12.5 Å². The van der Waals surface area contributed by atoms with Crippen molar-refractivity contribution in [1.29, 1.82) is 0 Å². The molecule has 1 saturated carbocycles. The summed E-state index contributed by atoms with van der Waals surface area (Å²) in [4.78, 5) is 14.1. The molecule has 1 aromatic rings. The maximum absolute atomic E-state index is 11.8. The van der Waals surface area contributed by atoms with Crippen molar-refractivity contribution in [2.75, 3.05) is 30.7 Å². The van der Waals surface area contributed by atoms with Gasteiger partial charge in [-0.05, 0) is 50.1 Å². The molecule has 0 bridgehead atoms. The summed E-state index contributed by atoms with van der Waals surface area (Å²) in [7, 11) is 0. The molecule has 1 aliphatic rings. The quantitative estimate of drug-likeness (QED) is 0.628.